The molecule has 0 aliphatic carbocycles. The largest absolute Gasteiger partial charge is 0.486 e. The summed E-state index contributed by atoms with van der Waals surface area (Å²) < 4.78 is 26.3. The van der Waals surface area contributed by atoms with Gasteiger partial charge in [0.1, 0.15) is 18.2 Å². The van der Waals surface area contributed by atoms with Crippen molar-refractivity contribution in [2.24, 2.45) is 0 Å². The standard InChI is InChI=1S/C21H17ClFN5O2S/c1-2-11-28-18(12-29-17-9-7-16(23)8-10-17)24-27-21(28)31-13-19-25-26-20(30-19)14-3-5-15(22)6-4-14/h2-10H,1,11-13H2. The molecule has 0 atom stereocenters. The average Bonchev–Trinajstić information content (AvgIpc) is 3.40. The molecule has 0 radical (unpaired) electrons. The Balaban J connectivity index is 1.42. The summed E-state index contributed by atoms with van der Waals surface area (Å²) in [7, 11) is 0. The molecule has 31 heavy (non-hydrogen) atoms. The summed E-state index contributed by atoms with van der Waals surface area (Å²) in [6, 6.07) is 13.0. The molecule has 0 bridgehead atoms. The topological polar surface area (TPSA) is 78.9 Å². The highest BCUT2D eigenvalue weighted by Gasteiger charge is 2.15. The third kappa shape index (κ3) is 5.31. The van der Waals surface area contributed by atoms with E-state index in [4.69, 9.17) is 20.8 Å². The van der Waals surface area contributed by atoms with Gasteiger partial charge in [-0.1, -0.05) is 29.4 Å². The van der Waals surface area contributed by atoms with Gasteiger partial charge in [0.05, 0.1) is 5.75 Å². The van der Waals surface area contributed by atoms with Crippen LogP contribution in [0.2, 0.25) is 5.02 Å². The summed E-state index contributed by atoms with van der Waals surface area (Å²) >= 11 is 7.33. The molecule has 0 amide bonds. The molecule has 0 saturated carbocycles. The lowest BCUT2D eigenvalue weighted by Crippen LogP contribution is -2.07. The fourth-order valence-electron chi connectivity index (χ4n) is 2.67. The SMILES string of the molecule is C=CCn1c(COc2ccc(F)cc2)nnc1SCc1nnc(-c2ccc(Cl)cc2)o1. The van der Waals surface area contributed by atoms with Gasteiger partial charge in [0.2, 0.25) is 11.8 Å². The van der Waals surface area contributed by atoms with E-state index in [1.54, 1.807) is 30.3 Å². The number of thioether (sulfide) groups is 1. The number of hydrogen-bond donors (Lipinski definition) is 0. The molecule has 0 aliphatic heterocycles. The zero-order valence-corrected chi connectivity index (χ0v) is 17.8. The molecule has 0 fully saturated rings. The smallest absolute Gasteiger partial charge is 0.247 e. The Morgan fingerprint density at radius 2 is 1.84 bits per heavy atom. The summed E-state index contributed by atoms with van der Waals surface area (Å²) in [5.74, 6) is 2.17. The van der Waals surface area contributed by atoms with Crippen molar-refractivity contribution in [1.29, 1.82) is 0 Å². The molecule has 4 rings (SSSR count). The van der Waals surface area contributed by atoms with Crippen LogP contribution < -0.4 is 4.74 Å². The second kappa shape index (κ2) is 9.76. The Morgan fingerprint density at radius 3 is 2.58 bits per heavy atom. The maximum Gasteiger partial charge on any atom is 0.247 e. The number of ether oxygens (including phenoxy) is 1. The van der Waals surface area contributed by atoms with E-state index < -0.39 is 0 Å². The lowest BCUT2D eigenvalue weighted by atomic mass is 10.2. The number of nitrogens with zero attached hydrogens (tertiary/aromatic N) is 5. The lowest BCUT2D eigenvalue weighted by Gasteiger charge is -2.08. The lowest BCUT2D eigenvalue weighted by molar-refractivity contribution is 0.288. The second-order valence-corrected chi connectivity index (χ2v) is 7.72. The number of allylic oxidation sites excluding steroid dienone is 1. The minimum absolute atomic E-state index is 0.189. The van der Waals surface area contributed by atoms with Gasteiger partial charge in [-0.3, -0.25) is 4.57 Å². The molecule has 0 unspecified atom stereocenters. The summed E-state index contributed by atoms with van der Waals surface area (Å²) in [4.78, 5) is 0. The molecule has 158 valence electrons. The maximum absolute atomic E-state index is 13.0. The van der Waals surface area contributed by atoms with Gasteiger partial charge in [0.15, 0.2) is 11.0 Å². The van der Waals surface area contributed by atoms with Crippen LogP contribution >= 0.6 is 23.4 Å². The third-order valence-corrected chi connectivity index (χ3v) is 5.37. The Morgan fingerprint density at radius 1 is 1.06 bits per heavy atom. The fourth-order valence-corrected chi connectivity index (χ4v) is 3.60. The van der Waals surface area contributed by atoms with Crippen LogP contribution in [0.1, 0.15) is 11.7 Å². The van der Waals surface area contributed by atoms with Crippen molar-refractivity contribution in [2.45, 2.75) is 24.1 Å². The van der Waals surface area contributed by atoms with E-state index in [-0.39, 0.29) is 12.4 Å². The van der Waals surface area contributed by atoms with Crippen molar-refractivity contribution < 1.29 is 13.5 Å². The van der Waals surface area contributed by atoms with E-state index in [2.05, 4.69) is 27.0 Å². The van der Waals surface area contributed by atoms with Crippen molar-refractivity contribution in [3.8, 4) is 17.2 Å². The molecular formula is C21H17ClFN5O2S. The number of halogens is 2. The summed E-state index contributed by atoms with van der Waals surface area (Å²) in [5, 5.41) is 17.9. The van der Waals surface area contributed by atoms with E-state index in [1.165, 1.54) is 23.9 Å². The zero-order chi connectivity index (χ0) is 21.6. The first-order valence-electron chi connectivity index (χ1n) is 9.25. The van der Waals surface area contributed by atoms with Crippen LogP contribution in [0.25, 0.3) is 11.5 Å². The van der Waals surface area contributed by atoms with Gasteiger partial charge in [-0.05, 0) is 48.5 Å². The van der Waals surface area contributed by atoms with Crippen molar-refractivity contribution in [3.05, 3.63) is 83.7 Å². The van der Waals surface area contributed by atoms with Gasteiger partial charge >= 0.3 is 0 Å². The van der Waals surface area contributed by atoms with E-state index in [1.807, 2.05) is 16.7 Å². The van der Waals surface area contributed by atoms with Crippen LogP contribution in [0, 0.1) is 5.82 Å². The van der Waals surface area contributed by atoms with Crippen molar-refractivity contribution in [1.82, 2.24) is 25.0 Å². The molecule has 2 aromatic heterocycles. The summed E-state index contributed by atoms with van der Waals surface area (Å²) in [6.45, 7) is 4.49. The van der Waals surface area contributed by atoms with Gasteiger partial charge in [0, 0.05) is 17.1 Å². The third-order valence-electron chi connectivity index (χ3n) is 4.17. The highest BCUT2D eigenvalue weighted by atomic mass is 35.5. The van der Waals surface area contributed by atoms with Crippen LogP contribution in [0.3, 0.4) is 0 Å². The van der Waals surface area contributed by atoms with E-state index in [0.29, 0.717) is 45.8 Å². The van der Waals surface area contributed by atoms with E-state index in [9.17, 15) is 4.39 Å². The van der Waals surface area contributed by atoms with Crippen LogP contribution in [0.4, 0.5) is 4.39 Å². The molecule has 4 aromatic rings. The predicted molar refractivity (Wildman–Crippen MR) is 115 cm³/mol. The molecule has 0 spiro atoms. The highest BCUT2D eigenvalue weighted by molar-refractivity contribution is 7.98. The number of rotatable bonds is 9. The molecule has 2 heterocycles. The molecule has 0 saturated heterocycles. The molecule has 0 aliphatic rings. The summed E-state index contributed by atoms with van der Waals surface area (Å²) in [6.07, 6.45) is 1.75. The van der Waals surface area contributed by atoms with E-state index >= 15 is 0 Å². The number of benzene rings is 2. The van der Waals surface area contributed by atoms with Crippen molar-refractivity contribution in [3.63, 3.8) is 0 Å². The average molecular weight is 458 g/mol. The van der Waals surface area contributed by atoms with Gasteiger partial charge in [-0.25, -0.2) is 4.39 Å². The molecule has 2 aromatic carbocycles. The Bertz CT molecular complexity index is 1160. The maximum atomic E-state index is 13.0. The normalized spacial score (nSPS) is 10.9. The van der Waals surface area contributed by atoms with Gasteiger partial charge in [-0.2, -0.15) is 0 Å². The van der Waals surface area contributed by atoms with Crippen LogP contribution in [0.15, 0.2) is 70.8 Å². The quantitative estimate of drug-likeness (QED) is 0.253. The van der Waals surface area contributed by atoms with Crippen LogP contribution in [0.5, 0.6) is 5.75 Å². The first-order chi connectivity index (χ1) is 15.1. The molecular weight excluding hydrogens is 441 g/mol. The monoisotopic (exact) mass is 457 g/mol. The van der Waals surface area contributed by atoms with Gasteiger partial charge in [-0.15, -0.1) is 27.0 Å². The minimum Gasteiger partial charge on any atom is -0.486 e. The van der Waals surface area contributed by atoms with Crippen molar-refractivity contribution in [2.75, 3.05) is 0 Å². The number of hydrogen-bond acceptors (Lipinski definition) is 7. The number of aromatic nitrogens is 5. The Hall–Kier alpha value is -3.17. The van der Waals surface area contributed by atoms with Gasteiger partial charge in [0.25, 0.3) is 0 Å². The van der Waals surface area contributed by atoms with Crippen molar-refractivity contribution >= 4 is 23.4 Å². The fraction of sp³-hybridized carbons (Fsp3) is 0.143. The van der Waals surface area contributed by atoms with Gasteiger partial charge < -0.3 is 9.15 Å². The van der Waals surface area contributed by atoms with E-state index in [0.717, 1.165) is 5.56 Å². The minimum atomic E-state index is -0.318. The summed E-state index contributed by atoms with van der Waals surface area (Å²) in [5.41, 5.74) is 0.795. The molecule has 0 N–H and O–H groups in total. The Labute approximate surface area is 186 Å². The predicted octanol–water partition coefficient (Wildman–Crippen LogP) is 5.18. The highest BCUT2D eigenvalue weighted by Crippen LogP contribution is 2.25. The molecule has 10 heteroatoms. The first kappa shape index (κ1) is 21.1. The second-order valence-electron chi connectivity index (χ2n) is 6.34. The Kier molecular flexibility index (Phi) is 6.63. The first-order valence-corrected chi connectivity index (χ1v) is 10.6. The van der Waals surface area contributed by atoms with Crippen LogP contribution in [-0.2, 0) is 18.9 Å². The molecule has 7 nitrogen and oxygen atoms in total. The van der Waals surface area contributed by atoms with Crippen LogP contribution in [-0.4, -0.2) is 25.0 Å². The zero-order valence-electron chi connectivity index (χ0n) is 16.2.